The topological polar surface area (TPSA) is 12.0 Å². The fraction of sp³-hybridized carbons (Fsp3) is 0.200. The van der Waals surface area contributed by atoms with Crippen molar-refractivity contribution in [3.05, 3.63) is 71.5 Å². The molecule has 0 radical (unpaired) electrons. The summed E-state index contributed by atoms with van der Waals surface area (Å²) in [6.07, 6.45) is 0. The summed E-state index contributed by atoms with van der Waals surface area (Å²) in [5.74, 6) is -0.184. The van der Waals surface area contributed by atoms with E-state index in [1.54, 1.807) is 12.1 Å². The minimum Gasteiger partial charge on any atom is -0.311 e. The Morgan fingerprint density at radius 3 is 2.39 bits per heavy atom. The molecule has 1 nitrogen and oxygen atoms in total. The first-order valence-corrected chi connectivity index (χ1v) is 6.34. The number of hydrogen-bond acceptors (Lipinski definition) is 1. The van der Waals surface area contributed by atoms with Crippen molar-refractivity contribution < 1.29 is 4.39 Å². The Morgan fingerprint density at radius 2 is 1.67 bits per heavy atom. The van der Waals surface area contributed by atoms with Gasteiger partial charge in [-0.15, -0.1) is 11.6 Å². The lowest BCUT2D eigenvalue weighted by molar-refractivity contribution is 0.586. The van der Waals surface area contributed by atoms with Gasteiger partial charge in [0.25, 0.3) is 0 Å². The van der Waals surface area contributed by atoms with Gasteiger partial charge in [-0.3, -0.25) is 0 Å². The Bertz CT molecular complexity index is 487. The van der Waals surface area contributed by atoms with Gasteiger partial charge in [0, 0.05) is 18.7 Å². The van der Waals surface area contributed by atoms with E-state index in [0.717, 1.165) is 5.56 Å². The van der Waals surface area contributed by atoms with Gasteiger partial charge in [0.1, 0.15) is 5.82 Å². The van der Waals surface area contributed by atoms with Gasteiger partial charge in [-0.25, -0.2) is 4.39 Å². The van der Waals surface area contributed by atoms with Crippen LogP contribution in [0.15, 0.2) is 54.6 Å². The lowest BCUT2D eigenvalue weighted by Gasteiger charge is -2.11. The van der Waals surface area contributed by atoms with Crippen LogP contribution in [-0.4, -0.2) is 6.54 Å². The third-order valence-electron chi connectivity index (χ3n) is 2.76. The molecule has 0 saturated carbocycles. The minimum absolute atomic E-state index is 0.0991. The van der Waals surface area contributed by atoms with E-state index < -0.39 is 0 Å². The normalized spacial score (nSPS) is 12.3. The summed E-state index contributed by atoms with van der Waals surface area (Å²) in [5.41, 5.74) is 1.73. The third-order valence-corrected chi connectivity index (χ3v) is 3.16. The van der Waals surface area contributed by atoms with Gasteiger partial charge in [0.15, 0.2) is 0 Å². The van der Waals surface area contributed by atoms with Crippen LogP contribution in [0, 0.1) is 5.82 Å². The molecule has 18 heavy (non-hydrogen) atoms. The van der Waals surface area contributed by atoms with Crippen molar-refractivity contribution in [2.45, 2.75) is 11.9 Å². The van der Waals surface area contributed by atoms with Crippen LogP contribution in [0.3, 0.4) is 0 Å². The molecule has 0 aliphatic rings. The number of alkyl halides is 1. The third kappa shape index (κ3) is 3.56. The second-order valence-electron chi connectivity index (χ2n) is 4.10. The summed E-state index contributed by atoms with van der Waals surface area (Å²) < 4.78 is 13.4. The summed E-state index contributed by atoms with van der Waals surface area (Å²) in [6.45, 7) is 1.10. The smallest absolute Gasteiger partial charge is 0.127 e. The van der Waals surface area contributed by atoms with Crippen LogP contribution < -0.4 is 5.32 Å². The van der Waals surface area contributed by atoms with Crippen LogP contribution in [0.2, 0.25) is 0 Å². The average molecular weight is 264 g/mol. The second kappa shape index (κ2) is 6.53. The highest BCUT2D eigenvalue weighted by molar-refractivity contribution is 6.21. The van der Waals surface area contributed by atoms with Gasteiger partial charge in [0.05, 0.1) is 5.38 Å². The number of rotatable bonds is 5. The van der Waals surface area contributed by atoms with E-state index in [2.05, 4.69) is 5.32 Å². The molecule has 0 fully saturated rings. The molecule has 0 bridgehead atoms. The summed E-state index contributed by atoms with van der Waals surface area (Å²) >= 11 is 6.26. The van der Waals surface area contributed by atoms with E-state index in [9.17, 15) is 4.39 Å². The van der Waals surface area contributed by atoms with Crippen molar-refractivity contribution in [2.24, 2.45) is 0 Å². The second-order valence-corrected chi connectivity index (χ2v) is 4.63. The van der Waals surface area contributed by atoms with E-state index >= 15 is 0 Å². The number of benzene rings is 2. The molecule has 0 saturated heterocycles. The maximum Gasteiger partial charge on any atom is 0.127 e. The summed E-state index contributed by atoms with van der Waals surface area (Å²) in [6, 6.07) is 16.6. The highest BCUT2D eigenvalue weighted by atomic mass is 35.5. The number of nitrogens with one attached hydrogen (secondary N) is 1. The zero-order chi connectivity index (χ0) is 12.8. The molecular weight excluding hydrogens is 249 g/mol. The van der Waals surface area contributed by atoms with Gasteiger partial charge in [0.2, 0.25) is 0 Å². The van der Waals surface area contributed by atoms with E-state index in [4.69, 9.17) is 11.6 Å². The quantitative estimate of drug-likeness (QED) is 0.807. The molecule has 0 aromatic heterocycles. The van der Waals surface area contributed by atoms with E-state index in [-0.39, 0.29) is 11.2 Å². The molecule has 0 heterocycles. The molecule has 0 aliphatic carbocycles. The lowest BCUT2D eigenvalue weighted by atomic mass is 10.1. The zero-order valence-electron chi connectivity index (χ0n) is 9.94. The predicted molar refractivity (Wildman–Crippen MR) is 73.1 cm³/mol. The fourth-order valence-corrected chi connectivity index (χ4v) is 2.01. The van der Waals surface area contributed by atoms with Gasteiger partial charge >= 0.3 is 0 Å². The van der Waals surface area contributed by atoms with E-state index in [1.165, 1.54) is 6.07 Å². The molecule has 2 rings (SSSR count). The van der Waals surface area contributed by atoms with Crippen molar-refractivity contribution in [3.8, 4) is 0 Å². The summed E-state index contributed by atoms with van der Waals surface area (Å²) in [4.78, 5) is 0. The Hall–Kier alpha value is -1.38. The molecule has 0 aliphatic heterocycles. The average Bonchev–Trinajstić information content (AvgIpc) is 2.42. The molecule has 0 amide bonds. The Kier molecular flexibility index (Phi) is 4.73. The lowest BCUT2D eigenvalue weighted by Crippen LogP contribution is -2.19. The highest BCUT2D eigenvalue weighted by Crippen LogP contribution is 2.18. The zero-order valence-corrected chi connectivity index (χ0v) is 10.7. The van der Waals surface area contributed by atoms with E-state index in [1.807, 2.05) is 36.4 Å². The monoisotopic (exact) mass is 263 g/mol. The van der Waals surface area contributed by atoms with Crippen molar-refractivity contribution in [2.75, 3.05) is 6.54 Å². The fourth-order valence-electron chi connectivity index (χ4n) is 1.76. The van der Waals surface area contributed by atoms with Crippen LogP contribution in [0.1, 0.15) is 16.5 Å². The van der Waals surface area contributed by atoms with Crippen LogP contribution in [0.25, 0.3) is 0 Å². The SMILES string of the molecule is Fc1ccccc1CNCC(Cl)c1ccccc1. The van der Waals surface area contributed by atoms with Crippen LogP contribution >= 0.6 is 11.6 Å². The Balaban J connectivity index is 1.84. The van der Waals surface area contributed by atoms with Crippen molar-refractivity contribution in [3.63, 3.8) is 0 Å². The number of hydrogen-bond donors (Lipinski definition) is 1. The molecule has 3 heteroatoms. The largest absolute Gasteiger partial charge is 0.311 e. The van der Waals surface area contributed by atoms with Crippen molar-refractivity contribution in [1.29, 1.82) is 0 Å². The Morgan fingerprint density at radius 1 is 1.00 bits per heavy atom. The molecule has 1 atom stereocenters. The standard InChI is InChI=1S/C15H15ClFN/c16-14(12-6-2-1-3-7-12)11-18-10-13-8-4-5-9-15(13)17/h1-9,14,18H,10-11H2. The van der Waals surface area contributed by atoms with Gasteiger partial charge in [-0.1, -0.05) is 48.5 Å². The van der Waals surface area contributed by atoms with Crippen LogP contribution in [0.5, 0.6) is 0 Å². The molecule has 1 N–H and O–H groups in total. The molecule has 2 aromatic rings. The van der Waals surface area contributed by atoms with E-state index in [0.29, 0.717) is 18.7 Å². The summed E-state index contributed by atoms with van der Waals surface area (Å²) in [5, 5.41) is 3.07. The number of halogens is 2. The van der Waals surface area contributed by atoms with Crippen molar-refractivity contribution >= 4 is 11.6 Å². The van der Waals surface area contributed by atoms with Crippen LogP contribution in [-0.2, 0) is 6.54 Å². The van der Waals surface area contributed by atoms with Gasteiger partial charge < -0.3 is 5.32 Å². The first-order valence-electron chi connectivity index (χ1n) is 5.90. The molecule has 1 unspecified atom stereocenters. The van der Waals surface area contributed by atoms with Gasteiger partial charge in [-0.2, -0.15) is 0 Å². The summed E-state index contributed by atoms with van der Waals surface area (Å²) in [7, 11) is 0. The van der Waals surface area contributed by atoms with Gasteiger partial charge in [-0.05, 0) is 11.6 Å². The maximum absolute atomic E-state index is 13.4. The minimum atomic E-state index is -0.184. The maximum atomic E-state index is 13.4. The first kappa shape index (κ1) is 13.1. The predicted octanol–water partition coefficient (Wildman–Crippen LogP) is 3.90. The Labute approximate surface area is 112 Å². The molecular formula is C15H15ClFN. The van der Waals surface area contributed by atoms with Crippen molar-refractivity contribution in [1.82, 2.24) is 5.32 Å². The molecule has 94 valence electrons. The van der Waals surface area contributed by atoms with Crippen LogP contribution in [0.4, 0.5) is 4.39 Å². The first-order chi connectivity index (χ1) is 8.77. The molecule has 0 spiro atoms. The highest BCUT2D eigenvalue weighted by Gasteiger charge is 2.07. The molecule has 2 aromatic carbocycles.